The molecule has 0 spiro atoms. The molecule has 3 aliphatic rings. The summed E-state index contributed by atoms with van der Waals surface area (Å²) in [6, 6.07) is 6.07. The smallest absolute Gasteiger partial charge is 0.187 e. The number of hydrazone groups is 1. The number of ether oxygens (including phenoxy) is 2. The molecule has 0 radical (unpaired) electrons. The van der Waals surface area contributed by atoms with Gasteiger partial charge in [0.1, 0.15) is 0 Å². The summed E-state index contributed by atoms with van der Waals surface area (Å²) in [4.78, 5) is 2.49. The van der Waals surface area contributed by atoms with Crippen molar-refractivity contribution in [2.45, 2.75) is 18.9 Å². The summed E-state index contributed by atoms with van der Waals surface area (Å²) in [6.07, 6.45) is 4.23. The number of hydrogen-bond acceptors (Lipinski definition) is 5. The maximum atomic E-state index is 5.35. The van der Waals surface area contributed by atoms with E-state index < -0.39 is 0 Å². The molecule has 3 aliphatic heterocycles. The van der Waals surface area contributed by atoms with E-state index in [4.69, 9.17) is 21.7 Å². The minimum Gasteiger partial charge on any atom is -0.493 e. The molecular formula is C17H24N4O2S. The lowest BCUT2D eigenvalue weighted by Gasteiger charge is -2.45. The molecule has 3 fully saturated rings. The molecule has 0 amide bonds. The predicted molar refractivity (Wildman–Crippen MR) is 99.0 cm³/mol. The minimum absolute atomic E-state index is 0.434. The summed E-state index contributed by atoms with van der Waals surface area (Å²) in [5, 5.41) is 8.18. The van der Waals surface area contributed by atoms with Crippen molar-refractivity contribution in [3.63, 3.8) is 0 Å². The van der Waals surface area contributed by atoms with Crippen molar-refractivity contribution in [1.29, 1.82) is 0 Å². The van der Waals surface area contributed by atoms with Gasteiger partial charge in [0.05, 0.1) is 20.4 Å². The lowest BCUT2D eigenvalue weighted by atomic mass is 9.84. The Balaban J connectivity index is 1.51. The highest BCUT2D eigenvalue weighted by molar-refractivity contribution is 7.80. The van der Waals surface area contributed by atoms with Gasteiger partial charge in [0.15, 0.2) is 16.6 Å². The highest BCUT2D eigenvalue weighted by Gasteiger charge is 2.34. The van der Waals surface area contributed by atoms with Gasteiger partial charge >= 0.3 is 0 Å². The molecule has 1 aromatic rings. The molecule has 6 nitrogen and oxygen atoms in total. The molecule has 2 N–H and O–H groups in total. The van der Waals surface area contributed by atoms with Crippen LogP contribution >= 0.6 is 12.2 Å². The average Bonchev–Trinajstić information content (AvgIpc) is 2.62. The maximum absolute atomic E-state index is 5.35. The molecule has 3 saturated heterocycles. The zero-order valence-electron chi connectivity index (χ0n) is 14.1. The van der Waals surface area contributed by atoms with Crippen LogP contribution in [0.15, 0.2) is 23.3 Å². The number of benzene rings is 1. The second-order valence-electron chi connectivity index (χ2n) is 6.20. The van der Waals surface area contributed by atoms with E-state index in [2.05, 4.69) is 20.7 Å². The number of thiocarbonyl (C=S) groups is 1. The van der Waals surface area contributed by atoms with Crippen LogP contribution in [0.1, 0.15) is 18.4 Å². The lowest BCUT2D eigenvalue weighted by Crippen LogP contribution is -2.58. The van der Waals surface area contributed by atoms with Crippen LogP contribution in [0.4, 0.5) is 0 Å². The van der Waals surface area contributed by atoms with Crippen molar-refractivity contribution in [2.75, 3.05) is 33.9 Å². The number of nitrogens with one attached hydrogen (secondary N) is 2. The Kier molecular flexibility index (Phi) is 5.52. The molecule has 7 heteroatoms. The van der Waals surface area contributed by atoms with Crippen molar-refractivity contribution in [3.8, 4) is 11.5 Å². The Morgan fingerprint density at radius 2 is 2.00 bits per heavy atom. The Hall–Kier alpha value is -1.86. The number of nitrogens with zero attached hydrogens (tertiary/aromatic N) is 2. The van der Waals surface area contributed by atoms with Gasteiger partial charge in [-0.05, 0) is 67.8 Å². The summed E-state index contributed by atoms with van der Waals surface area (Å²) in [5.74, 6) is 2.10. The van der Waals surface area contributed by atoms with Gasteiger partial charge in [-0.3, -0.25) is 5.43 Å². The highest BCUT2D eigenvalue weighted by Crippen LogP contribution is 2.28. The van der Waals surface area contributed by atoms with Gasteiger partial charge in [-0.1, -0.05) is 0 Å². The number of hydrogen-bond donors (Lipinski definition) is 2. The lowest BCUT2D eigenvalue weighted by molar-refractivity contribution is 0.0812. The van der Waals surface area contributed by atoms with Crippen LogP contribution in [-0.4, -0.2) is 56.1 Å². The predicted octanol–water partition coefficient (Wildman–Crippen LogP) is 1.60. The zero-order chi connectivity index (χ0) is 16.9. The van der Waals surface area contributed by atoms with Gasteiger partial charge in [0.25, 0.3) is 0 Å². The molecule has 2 bridgehead atoms. The molecule has 3 heterocycles. The first kappa shape index (κ1) is 17.0. The summed E-state index contributed by atoms with van der Waals surface area (Å²) in [6.45, 7) is 3.52. The zero-order valence-corrected chi connectivity index (χ0v) is 14.9. The molecule has 4 rings (SSSR count). The third-order valence-electron chi connectivity index (χ3n) is 4.76. The number of fused-ring (bicyclic) bond motifs is 3. The van der Waals surface area contributed by atoms with Crippen LogP contribution in [0, 0.1) is 5.92 Å². The fourth-order valence-corrected chi connectivity index (χ4v) is 3.63. The van der Waals surface area contributed by atoms with Crippen LogP contribution in [0.3, 0.4) is 0 Å². The Morgan fingerprint density at radius 3 is 2.62 bits per heavy atom. The van der Waals surface area contributed by atoms with Crippen LogP contribution in [0.2, 0.25) is 0 Å². The Bertz CT molecular complexity index is 615. The molecule has 130 valence electrons. The SMILES string of the molecule is COc1ccc(/C=N/NC(=S)N[C@H]2CN3CCC2CC3)cc1OC. The van der Waals surface area contributed by atoms with E-state index in [0.717, 1.165) is 18.0 Å². The topological polar surface area (TPSA) is 58.1 Å². The monoisotopic (exact) mass is 348 g/mol. The molecule has 0 aromatic heterocycles. The molecule has 1 aromatic carbocycles. The van der Waals surface area contributed by atoms with E-state index in [1.165, 1.54) is 25.9 Å². The van der Waals surface area contributed by atoms with Gasteiger partial charge in [0.2, 0.25) is 0 Å². The van der Waals surface area contributed by atoms with Crippen molar-refractivity contribution in [2.24, 2.45) is 11.0 Å². The molecule has 0 aliphatic carbocycles. The molecular weight excluding hydrogens is 324 g/mol. The number of piperidine rings is 3. The third-order valence-corrected chi connectivity index (χ3v) is 4.97. The molecule has 0 saturated carbocycles. The number of methoxy groups -OCH3 is 2. The average molecular weight is 348 g/mol. The summed E-state index contributed by atoms with van der Waals surface area (Å²) < 4.78 is 10.5. The van der Waals surface area contributed by atoms with Crippen molar-refractivity contribution >= 4 is 23.5 Å². The van der Waals surface area contributed by atoms with E-state index in [0.29, 0.717) is 22.7 Å². The van der Waals surface area contributed by atoms with Crippen LogP contribution in [-0.2, 0) is 0 Å². The molecule has 0 unspecified atom stereocenters. The second-order valence-corrected chi connectivity index (χ2v) is 6.61. The van der Waals surface area contributed by atoms with Gasteiger partial charge in [-0.2, -0.15) is 5.10 Å². The van der Waals surface area contributed by atoms with Crippen molar-refractivity contribution < 1.29 is 9.47 Å². The summed E-state index contributed by atoms with van der Waals surface area (Å²) in [7, 11) is 3.23. The van der Waals surface area contributed by atoms with E-state index >= 15 is 0 Å². The Morgan fingerprint density at radius 1 is 1.25 bits per heavy atom. The second kappa shape index (κ2) is 7.81. The van der Waals surface area contributed by atoms with E-state index in [-0.39, 0.29) is 0 Å². The first-order valence-electron chi connectivity index (χ1n) is 8.23. The quantitative estimate of drug-likeness (QED) is 0.479. The van der Waals surface area contributed by atoms with E-state index in [1.807, 2.05) is 18.2 Å². The fourth-order valence-electron chi connectivity index (χ4n) is 3.43. The molecule has 1 atom stereocenters. The first-order chi connectivity index (χ1) is 11.7. The summed E-state index contributed by atoms with van der Waals surface area (Å²) in [5.41, 5.74) is 3.81. The molecule has 24 heavy (non-hydrogen) atoms. The Labute approximate surface area is 148 Å². The van der Waals surface area contributed by atoms with Gasteiger partial charge < -0.3 is 19.7 Å². The fraction of sp³-hybridized carbons (Fsp3) is 0.529. The van der Waals surface area contributed by atoms with E-state index in [1.54, 1.807) is 20.4 Å². The largest absolute Gasteiger partial charge is 0.493 e. The minimum atomic E-state index is 0.434. The standard InChI is InChI=1S/C17H24N4O2S/c1-22-15-4-3-12(9-16(15)23-2)10-18-20-17(24)19-14-11-21-7-5-13(14)6-8-21/h3-4,9-10,13-14H,5-8,11H2,1-2H3,(H2,19,20,24)/b18-10+/t14-/m0/s1. The highest BCUT2D eigenvalue weighted by atomic mass is 32.1. The maximum Gasteiger partial charge on any atom is 0.187 e. The van der Waals surface area contributed by atoms with Crippen LogP contribution in [0.5, 0.6) is 11.5 Å². The van der Waals surface area contributed by atoms with E-state index in [9.17, 15) is 0 Å². The van der Waals surface area contributed by atoms with Gasteiger partial charge in [0, 0.05) is 12.6 Å². The summed E-state index contributed by atoms with van der Waals surface area (Å²) >= 11 is 5.35. The van der Waals surface area contributed by atoms with Crippen molar-refractivity contribution in [3.05, 3.63) is 23.8 Å². The normalized spacial score (nSPS) is 25.5. The van der Waals surface area contributed by atoms with Crippen LogP contribution < -0.4 is 20.2 Å². The first-order valence-corrected chi connectivity index (χ1v) is 8.64. The van der Waals surface area contributed by atoms with Crippen molar-refractivity contribution in [1.82, 2.24) is 15.6 Å². The number of rotatable bonds is 5. The third kappa shape index (κ3) is 3.96. The van der Waals surface area contributed by atoms with Gasteiger partial charge in [-0.15, -0.1) is 0 Å². The van der Waals surface area contributed by atoms with Gasteiger partial charge in [-0.25, -0.2) is 0 Å². The van der Waals surface area contributed by atoms with Crippen LogP contribution in [0.25, 0.3) is 0 Å².